The number of nitrogens with zero attached hydrogens (tertiary/aromatic N) is 2. The zero-order chi connectivity index (χ0) is 26.2. The predicted molar refractivity (Wildman–Crippen MR) is 142 cm³/mol. The molecule has 0 saturated carbocycles. The molecule has 4 amide bonds. The molecule has 198 valence electrons. The van der Waals surface area contributed by atoms with Crippen molar-refractivity contribution in [3.8, 4) is 11.1 Å². The number of fused-ring (bicyclic) bond motifs is 1. The number of hydrogen-bond acceptors (Lipinski definition) is 6. The van der Waals surface area contributed by atoms with Crippen molar-refractivity contribution in [1.82, 2.24) is 20.4 Å². The van der Waals surface area contributed by atoms with Crippen molar-refractivity contribution in [3.63, 3.8) is 0 Å². The number of amides is 4. The Hall–Kier alpha value is -3.36. The highest BCUT2D eigenvalue weighted by Crippen LogP contribution is 2.35. The van der Waals surface area contributed by atoms with Gasteiger partial charge in [0.2, 0.25) is 11.8 Å². The Morgan fingerprint density at radius 3 is 2.16 bits per heavy atom. The lowest BCUT2D eigenvalue weighted by atomic mass is 9.79. The summed E-state index contributed by atoms with van der Waals surface area (Å²) in [6, 6.07) is 12.5. The normalized spacial score (nSPS) is 23.6. The molecule has 2 N–H and O–H groups in total. The van der Waals surface area contributed by atoms with Crippen molar-refractivity contribution < 1.29 is 19.2 Å². The smallest absolute Gasteiger partial charge is 0.262 e. The molecule has 4 heterocycles. The molecule has 2 aromatic carbocycles. The summed E-state index contributed by atoms with van der Waals surface area (Å²) in [5, 5.41) is 5.72. The Bertz CT molecular complexity index is 1260. The van der Waals surface area contributed by atoms with Gasteiger partial charge in [-0.05, 0) is 92.9 Å². The molecule has 0 spiro atoms. The van der Waals surface area contributed by atoms with Crippen LogP contribution >= 0.6 is 0 Å². The number of imide groups is 2. The first-order valence-electron chi connectivity index (χ1n) is 13.9. The number of benzene rings is 2. The van der Waals surface area contributed by atoms with Crippen LogP contribution in [0.1, 0.15) is 64.8 Å². The van der Waals surface area contributed by atoms with Crippen LogP contribution in [0.2, 0.25) is 0 Å². The van der Waals surface area contributed by atoms with Gasteiger partial charge in [-0.25, -0.2) is 0 Å². The van der Waals surface area contributed by atoms with Gasteiger partial charge in [0.25, 0.3) is 11.8 Å². The zero-order valence-electron chi connectivity index (χ0n) is 21.6. The summed E-state index contributed by atoms with van der Waals surface area (Å²) in [7, 11) is 0. The molecule has 0 radical (unpaired) electrons. The van der Waals surface area contributed by atoms with E-state index >= 15 is 0 Å². The Kier molecular flexibility index (Phi) is 6.84. The average molecular weight is 515 g/mol. The van der Waals surface area contributed by atoms with E-state index in [0.29, 0.717) is 16.7 Å². The van der Waals surface area contributed by atoms with E-state index in [9.17, 15) is 19.2 Å². The quantitative estimate of drug-likeness (QED) is 0.596. The van der Waals surface area contributed by atoms with Gasteiger partial charge in [-0.15, -0.1) is 0 Å². The van der Waals surface area contributed by atoms with Gasteiger partial charge in [0, 0.05) is 13.0 Å². The van der Waals surface area contributed by atoms with E-state index in [1.54, 1.807) is 12.1 Å². The first-order chi connectivity index (χ1) is 18.5. The molecule has 4 aliphatic rings. The van der Waals surface area contributed by atoms with Crippen LogP contribution in [0.25, 0.3) is 11.1 Å². The summed E-state index contributed by atoms with van der Waals surface area (Å²) in [6.07, 6.45) is 5.43. The van der Waals surface area contributed by atoms with E-state index in [4.69, 9.17) is 0 Å². The summed E-state index contributed by atoms with van der Waals surface area (Å²) in [6.45, 7) is 5.50. The maximum atomic E-state index is 13.4. The van der Waals surface area contributed by atoms with Crippen LogP contribution in [0.15, 0.2) is 42.5 Å². The van der Waals surface area contributed by atoms with Crippen molar-refractivity contribution in [1.29, 1.82) is 0 Å². The fourth-order valence-corrected chi connectivity index (χ4v) is 6.70. The molecule has 1 atom stereocenters. The van der Waals surface area contributed by atoms with E-state index in [-0.39, 0.29) is 18.7 Å². The van der Waals surface area contributed by atoms with Crippen LogP contribution in [0.4, 0.5) is 0 Å². The number of carbonyl (C=O) groups is 4. The molecule has 0 aliphatic carbocycles. The lowest BCUT2D eigenvalue weighted by Crippen LogP contribution is -2.54. The van der Waals surface area contributed by atoms with Crippen LogP contribution in [0.5, 0.6) is 0 Å². The minimum absolute atomic E-state index is 0.105. The van der Waals surface area contributed by atoms with Gasteiger partial charge < -0.3 is 5.32 Å². The fraction of sp³-hybridized carbons (Fsp3) is 0.467. The number of piperidine rings is 3. The first kappa shape index (κ1) is 24.9. The largest absolute Gasteiger partial charge is 0.317 e. The lowest BCUT2D eigenvalue weighted by molar-refractivity contribution is -0.136. The average Bonchev–Trinajstić information content (AvgIpc) is 3.20. The third-order valence-electron chi connectivity index (χ3n) is 8.82. The number of carbonyl (C=O) groups excluding carboxylic acids is 4. The molecule has 2 aromatic rings. The van der Waals surface area contributed by atoms with Crippen LogP contribution in [0, 0.1) is 11.8 Å². The van der Waals surface area contributed by atoms with Crippen LogP contribution in [-0.2, 0) is 16.1 Å². The van der Waals surface area contributed by atoms with E-state index in [1.165, 1.54) is 31.2 Å². The first-order valence-corrected chi connectivity index (χ1v) is 13.9. The fourth-order valence-electron chi connectivity index (χ4n) is 6.70. The molecule has 3 fully saturated rings. The van der Waals surface area contributed by atoms with E-state index in [0.717, 1.165) is 55.0 Å². The van der Waals surface area contributed by atoms with Gasteiger partial charge >= 0.3 is 0 Å². The molecule has 0 bridgehead atoms. The topological polar surface area (TPSA) is 98.8 Å². The number of hydrogen-bond donors (Lipinski definition) is 2. The Labute approximate surface area is 222 Å². The molecule has 6 rings (SSSR count). The second kappa shape index (κ2) is 10.4. The van der Waals surface area contributed by atoms with Gasteiger partial charge in [0.05, 0.1) is 11.1 Å². The molecule has 8 heteroatoms. The minimum Gasteiger partial charge on any atom is -0.317 e. The molecular weight excluding hydrogens is 480 g/mol. The van der Waals surface area contributed by atoms with Gasteiger partial charge in [-0.1, -0.05) is 36.4 Å². The zero-order valence-corrected chi connectivity index (χ0v) is 21.6. The molecule has 4 aliphatic heterocycles. The van der Waals surface area contributed by atoms with Crippen molar-refractivity contribution in [2.24, 2.45) is 11.8 Å². The maximum absolute atomic E-state index is 13.4. The van der Waals surface area contributed by atoms with E-state index in [2.05, 4.69) is 27.7 Å². The SMILES string of the molecule is O=C1CCC(N2C(=O)c3cccc(-c4ccc(CN5CCC(C6CCNCC6)CC5)cc4)c3C2=O)C(=O)N1. The molecule has 1 unspecified atom stereocenters. The minimum atomic E-state index is -0.964. The summed E-state index contributed by atoms with van der Waals surface area (Å²) >= 11 is 0. The highest BCUT2D eigenvalue weighted by Gasteiger charge is 2.45. The lowest BCUT2D eigenvalue weighted by Gasteiger charge is -2.37. The predicted octanol–water partition coefficient (Wildman–Crippen LogP) is 2.97. The highest BCUT2D eigenvalue weighted by atomic mass is 16.2. The second-order valence-corrected chi connectivity index (χ2v) is 11.1. The van der Waals surface area contributed by atoms with Crippen LogP contribution < -0.4 is 10.6 Å². The van der Waals surface area contributed by atoms with Gasteiger partial charge in [-0.3, -0.25) is 34.3 Å². The third kappa shape index (κ3) is 4.67. The molecule has 8 nitrogen and oxygen atoms in total. The molecular formula is C30H34N4O4. The number of rotatable bonds is 5. The Morgan fingerprint density at radius 1 is 0.763 bits per heavy atom. The number of nitrogens with one attached hydrogen (secondary N) is 2. The number of likely N-dealkylation sites (tertiary alicyclic amines) is 1. The van der Waals surface area contributed by atoms with Gasteiger partial charge in [-0.2, -0.15) is 0 Å². The van der Waals surface area contributed by atoms with Crippen molar-refractivity contribution >= 4 is 23.6 Å². The van der Waals surface area contributed by atoms with E-state index in [1.807, 2.05) is 18.2 Å². The van der Waals surface area contributed by atoms with Gasteiger partial charge in [0.1, 0.15) is 6.04 Å². The Balaban J connectivity index is 1.14. The summed E-state index contributed by atoms with van der Waals surface area (Å²) in [5.41, 5.74) is 3.41. The van der Waals surface area contributed by atoms with Crippen molar-refractivity contribution in [2.45, 2.75) is 51.1 Å². The monoisotopic (exact) mass is 514 g/mol. The van der Waals surface area contributed by atoms with Gasteiger partial charge in [0.15, 0.2) is 0 Å². The van der Waals surface area contributed by atoms with Crippen molar-refractivity contribution in [3.05, 3.63) is 59.2 Å². The van der Waals surface area contributed by atoms with Crippen LogP contribution in [-0.4, -0.2) is 65.6 Å². The Morgan fingerprint density at radius 2 is 1.45 bits per heavy atom. The summed E-state index contributed by atoms with van der Waals surface area (Å²) in [4.78, 5) is 54.1. The second-order valence-electron chi connectivity index (χ2n) is 11.1. The maximum Gasteiger partial charge on any atom is 0.262 e. The molecule has 0 aromatic heterocycles. The van der Waals surface area contributed by atoms with Crippen LogP contribution in [0.3, 0.4) is 0 Å². The standard InChI is InChI=1S/C30H34N4O4/c35-26-9-8-25(28(36)32-26)34-29(37)24-3-1-2-23(27(24)30(34)38)22-6-4-19(5-7-22)18-33-16-12-21(13-17-33)20-10-14-31-15-11-20/h1-7,20-21,25,31H,8-18H2,(H,32,35,36). The molecule has 38 heavy (non-hydrogen) atoms. The van der Waals surface area contributed by atoms with Crippen molar-refractivity contribution in [2.75, 3.05) is 26.2 Å². The summed E-state index contributed by atoms with van der Waals surface area (Å²) < 4.78 is 0. The third-order valence-corrected chi connectivity index (χ3v) is 8.82. The summed E-state index contributed by atoms with van der Waals surface area (Å²) in [5.74, 6) is -0.195. The van der Waals surface area contributed by atoms with E-state index < -0.39 is 23.8 Å². The molecule has 3 saturated heterocycles. The highest BCUT2D eigenvalue weighted by molar-refractivity contribution is 6.25.